The predicted molar refractivity (Wildman–Crippen MR) is 77.9 cm³/mol. The first-order valence-corrected chi connectivity index (χ1v) is 6.26. The summed E-state index contributed by atoms with van der Waals surface area (Å²) < 4.78 is 5.36. The highest BCUT2D eigenvalue weighted by molar-refractivity contribution is 5.89. The molecule has 0 aliphatic heterocycles. The fourth-order valence-electron chi connectivity index (χ4n) is 2.17. The predicted octanol–water partition coefficient (Wildman–Crippen LogP) is 1.69. The standard InChI is InChI=1S/C15H10O8/c16-6-3-10(5-1-7(17)13(20)8(18)2-5)23-11-4-9(19)14(21)15(22)12(6)11/h1-4,17-22H. The van der Waals surface area contributed by atoms with Crippen molar-refractivity contribution in [1.82, 2.24) is 0 Å². The first-order chi connectivity index (χ1) is 10.8. The Morgan fingerprint density at radius 1 is 0.696 bits per heavy atom. The summed E-state index contributed by atoms with van der Waals surface area (Å²) in [5.41, 5.74) is -0.864. The van der Waals surface area contributed by atoms with Crippen LogP contribution in [-0.2, 0) is 0 Å². The third kappa shape index (κ3) is 2.13. The minimum atomic E-state index is -0.850. The van der Waals surface area contributed by atoms with Crippen molar-refractivity contribution in [2.45, 2.75) is 0 Å². The largest absolute Gasteiger partial charge is 0.504 e. The summed E-state index contributed by atoms with van der Waals surface area (Å²) in [6.45, 7) is 0. The van der Waals surface area contributed by atoms with Gasteiger partial charge in [0.2, 0.25) is 5.75 Å². The second-order valence-corrected chi connectivity index (χ2v) is 4.80. The summed E-state index contributed by atoms with van der Waals surface area (Å²) >= 11 is 0. The molecule has 3 aromatic rings. The molecule has 0 saturated heterocycles. The molecule has 8 nitrogen and oxygen atoms in total. The van der Waals surface area contributed by atoms with Crippen molar-refractivity contribution >= 4 is 11.0 Å². The van der Waals surface area contributed by atoms with Crippen molar-refractivity contribution in [1.29, 1.82) is 0 Å². The van der Waals surface area contributed by atoms with Gasteiger partial charge in [0, 0.05) is 17.7 Å². The summed E-state index contributed by atoms with van der Waals surface area (Å²) in [6.07, 6.45) is 0. The normalized spacial score (nSPS) is 11.0. The molecule has 1 aromatic heterocycles. The van der Waals surface area contributed by atoms with Gasteiger partial charge in [-0.05, 0) is 12.1 Å². The molecule has 0 unspecified atom stereocenters. The van der Waals surface area contributed by atoms with E-state index in [0.29, 0.717) is 0 Å². The van der Waals surface area contributed by atoms with Gasteiger partial charge in [0.05, 0.1) is 0 Å². The third-order valence-electron chi connectivity index (χ3n) is 3.30. The summed E-state index contributed by atoms with van der Waals surface area (Å²) in [6, 6.07) is 4.01. The van der Waals surface area contributed by atoms with Gasteiger partial charge in [0.1, 0.15) is 16.7 Å². The lowest BCUT2D eigenvalue weighted by atomic mass is 10.1. The number of phenols is 6. The molecule has 118 valence electrons. The monoisotopic (exact) mass is 318 g/mol. The van der Waals surface area contributed by atoms with Gasteiger partial charge in [-0.25, -0.2) is 0 Å². The number of rotatable bonds is 1. The summed E-state index contributed by atoms with van der Waals surface area (Å²) in [7, 11) is 0. The van der Waals surface area contributed by atoms with Crippen LogP contribution in [0.5, 0.6) is 34.5 Å². The van der Waals surface area contributed by atoms with E-state index < -0.39 is 39.9 Å². The van der Waals surface area contributed by atoms with E-state index in [4.69, 9.17) is 4.42 Å². The van der Waals surface area contributed by atoms with Gasteiger partial charge in [0.25, 0.3) is 0 Å². The Bertz CT molecular complexity index is 980. The van der Waals surface area contributed by atoms with E-state index in [1.807, 2.05) is 0 Å². The van der Waals surface area contributed by atoms with Crippen LogP contribution in [0.2, 0.25) is 0 Å². The number of aromatic hydroxyl groups is 6. The van der Waals surface area contributed by atoms with Crippen LogP contribution in [-0.4, -0.2) is 30.6 Å². The van der Waals surface area contributed by atoms with E-state index in [2.05, 4.69) is 0 Å². The average Bonchev–Trinajstić information content (AvgIpc) is 2.49. The van der Waals surface area contributed by atoms with Gasteiger partial charge in [-0.3, -0.25) is 4.79 Å². The van der Waals surface area contributed by atoms with Gasteiger partial charge in [-0.2, -0.15) is 0 Å². The molecule has 0 atom stereocenters. The van der Waals surface area contributed by atoms with Crippen LogP contribution in [0.1, 0.15) is 0 Å². The molecular weight excluding hydrogens is 308 g/mol. The molecule has 0 aliphatic carbocycles. The van der Waals surface area contributed by atoms with Crippen LogP contribution < -0.4 is 5.43 Å². The van der Waals surface area contributed by atoms with E-state index in [-0.39, 0.29) is 22.3 Å². The van der Waals surface area contributed by atoms with E-state index in [0.717, 1.165) is 24.3 Å². The highest BCUT2D eigenvalue weighted by atomic mass is 16.4. The van der Waals surface area contributed by atoms with E-state index in [1.165, 1.54) is 0 Å². The minimum absolute atomic E-state index is 0.0730. The van der Waals surface area contributed by atoms with Crippen molar-refractivity contribution in [3.8, 4) is 45.8 Å². The Morgan fingerprint density at radius 2 is 1.26 bits per heavy atom. The zero-order valence-corrected chi connectivity index (χ0v) is 11.3. The van der Waals surface area contributed by atoms with Crippen molar-refractivity contribution in [2.75, 3.05) is 0 Å². The third-order valence-corrected chi connectivity index (χ3v) is 3.30. The number of fused-ring (bicyclic) bond motifs is 1. The van der Waals surface area contributed by atoms with Gasteiger partial charge < -0.3 is 35.1 Å². The number of benzene rings is 2. The van der Waals surface area contributed by atoms with Crippen LogP contribution in [0.15, 0.2) is 33.5 Å². The highest BCUT2D eigenvalue weighted by Gasteiger charge is 2.18. The van der Waals surface area contributed by atoms with E-state index in [9.17, 15) is 35.4 Å². The zero-order valence-electron chi connectivity index (χ0n) is 11.3. The topological polar surface area (TPSA) is 152 Å². The molecule has 0 radical (unpaired) electrons. The Balaban J connectivity index is 2.33. The highest BCUT2D eigenvalue weighted by Crippen LogP contribution is 2.42. The Morgan fingerprint density at radius 3 is 1.87 bits per heavy atom. The lowest BCUT2D eigenvalue weighted by molar-refractivity contribution is 0.368. The van der Waals surface area contributed by atoms with Crippen LogP contribution in [0.3, 0.4) is 0 Å². The van der Waals surface area contributed by atoms with Gasteiger partial charge >= 0.3 is 0 Å². The number of hydrogen-bond acceptors (Lipinski definition) is 8. The Labute approximate surface area is 127 Å². The molecule has 23 heavy (non-hydrogen) atoms. The van der Waals surface area contributed by atoms with Crippen molar-refractivity contribution < 1.29 is 35.1 Å². The number of phenolic OH excluding ortho intramolecular Hbond substituents is 6. The van der Waals surface area contributed by atoms with Crippen molar-refractivity contribution in [2.24, 2.45) is 0 Å². The van der Waals surface area contributed by atoms with Crippen LogP contribution >= 0.6 is 0 Å². The summed E-state index contributed by atoms with van der Waals surface area (Å²) in [5, 5.41) is 56.7. The van der Waals surface area contributed by atoms with E-state index >= 15 is 0 Å². The SMILES string of the molecule is O=c1cc(-c2cc(O)c(O)c(O)c2)oc2cc(O)c(O)c(O)c12. The fourth-order valence-corrected chi connectivity index (χ4v) is 2.17. The van der Waals surface area contributed by atoms with Crippen LogP contribution in [0, 0.1) is 0 Å². The molecule has 0 amide bonds. The Kier molecular flexibility index (Phi) is 2.96. The lowest BCUT2D eigenvalue weighted by Gasteiger charge is -2.08. The fraction of sp³-hybridized carbons (Fsp3) is 0. The summed E-state index contributed by atoms with van der Waals surface area (Å²) in [5.74, 6) is -4.44. The lowest BCUT2D eigenvalue weighted by Crippen LogP contribution is -2.01. The Hall–Kier alpha value is -3.55. The minimum Gasteiger partial charge on any atom is -0.504 e. The molecule has 0 spiro atoms. The van der Waals surface area contributed by atoms with Crippen LogP contribution in [0.4, 0.5) is 0 Å². The zero-order chi connectivity index (χ0) is 16.9. The van der Waals surface area contributed by atoms with Gasteiger partial charge in [0.15, 0.2) is 34.2 Å². The molecule has 2 aromatic carbocycles. The molecule has 1 heterocycles. The van der Waals surface area contributed by atoms with E-state index in [1.54, 1.807) is 0 Å². The quantitative estimate of drug-likeness (QED) is 0.371. The molecule has 0 aliphatic rings. The van der Waals surface area contributed by atoms with Crippen molar-refractivity contribution in [3.05, 3.63) is 34.5 Å². The summed E-state index contributed by atoms with van der Waals surface area (Å²) in [4.78, 5) is 12.1. The average molecular weight is 318 g/mol. The first kappa shape index (κ1) is 14.4. The molecule has 0 saturated carbocycles. The molecule has 6 N–H and O–H groups in total. The molecule has 0 fully saturated rings. The van der Waals surface area contributed by atoms with Gasteiger partial charge in [-0.15, -0.1) is 0 Å². The maximum absolute atomic E-state index is 12.1. The maximum atomic E-state index is 12.1. The van der Waals surface area contributed by atoms with Crippen LogP contribution in [0.25, 0.3) is 22.3 Å². The molecule has 8 heteroatoms. The number of hydrogen-bond donors (Lipinski definition) is 6. The second-order valence-electron chi connectivity index (χ2n) is 4.80. The molecule has 0 bridgehead atoms. The van der Waals surface area contributed by atoms with Crippen molar-refractivity contribution in [3.63, 3.8) is 0 Å². The first-order valence-electron chi connectivity index (χ1n) is 6.26. The molecule has 3 rings (SSSR count). The maximum Gasteiger partial charge on any atom is 0.201 e. The molecular formula is C15H10O8. The van der Waals surface area contributed by atoms with Gasteiger partial charge in [-0.1, -0.05) is 0 Å². The second kappa shape index (κ2) is 4.73. The smallest absolute Gasteiger partial charge is 0.201 e.